The lowest BCUT2D eigenvalue weighted by atomic mass is 9.46. The fourth-order valence-electron chi connectivity index (χ4n) is 7.99. The Balaban J connectivity index is 1.47. The SMILES string of the molecule is Cn1ccnc1C(C)(O)C1=CC[C@H]2[C@@H]3CCC4=CC(O)CC[C@]4(C)[C@H]3CC[C@]12C. The third kappa shape index (κ3) is 2.61. The van der Waals surface area contributed by atoms with Gasteiger partial charge < -0.3 is 14.8 Å². The van der Waals surface area contributed by atoms with E-state index in [1.54, 1.807) is 6.20 Å². The number of aryl methyl sites for hydroxylation is 1. The highest BCUT2D eigenvalue weighted by Crippen LogP contribution is 2.67. The molecule has 1 aromatic rings. The van der Waals surface area contributed by atoms with E-state index in [0.717, 1.165) is 37.9 Å². The molecule has 5 rings (SSSR count). The standard InChI is InChI=1S/C25H36N2O2/c1-23-11-9-17(28)15-16(23)5-6-18-19-7-8-21(24(19,2)12-10-20(18)23)25(3,29)22-26-13-14-27(22)4/h8,13-15,17-20,28-29H,5-7,9-12H2,1-4H3/t17?,18-,19-,20-,23-,24-,25?/m0/s1. The van der Waals surface area contributed by atoms with Crippen molar-refractivity contribution >= 4 is 0 Å². The highest BCUT2D eigenvalue weighted by molar-refractivity contribution is 5.36. The maximum atomic E-state index is 11.6. The van der Waals surface area contributed by atoms with Gasteiger partial charge in [0.1, 0.15) is 11.4 Å². The minimum absolute atomic E-state index is 0.0440. The summed E-state index contributed by atoms with van der Waals surface area (Å²) in [6.45, 7) is 6.81. The van der Waals surface area contributed by atoms with Crippen LogP contribution in [0.15, 0.2) is 35.7 Å². The van der Waals surface area contributed by atoms with Crippen molar-refractivity contribution in [1.29, 1.82) is 0 Å². The molecule has 2 saturated carbocycles. The third-order valence-corrected chi connectivity index (χ3v) is 9.45. The van der Waals surface area contributed by atoms with Crippen LogP contribution in [-0.4, -0.2) is 25.9 Å². The Morgan fingerprint density at radius 2 is 1.90 bits per heavy atom. The fraction of sp³-hybridized carbons (Fsp3) is 0.720. The molecule has 0 amide bonds. The number of hydrogen-bond acceptors (Lipinski definition) is 3. The Hall–Kier alpha value is -1.39. The molecule has 0 aliphatic heterocycles. The normalized spacial score (nSPS) is 43.5. The summed E-state index contributed by atoms with van der Waals surface area (Å²) in [5.74, 6) is 2.76. The Kier molecular flexibility index (Phi) is 4.25. The van der Waals surface area contributed by atoms with Crippen LogP contribution in [-0.2, 0) is 12.6 Å². The number of aliphatic hydroxyl groups is 2. The van der Waals surface area contributed by atoms with Crippen molar-refractivity contribution in [3.8, 4) is 0 Å². The second-order valence-electron chi connectivity index (χ2n) is 10.9. The molecular formula is C25H36N2O2. The molecule has 2 unspecified atom stereocenters. The van der Waals surface area contributed by atoms with E-state index in [4.69, 9.17) is 0 Å². The van der Waals surface area contributed by atoms with Gasteiger partial charge in [-0.1, -0.05) is 31.6 Å². The molecule has 2 fully saturated rings. The van der Waals surface area contributed by atoms with E-state index in [1.807, 2.05) is 24.7 Å². The van der Waals surface area contributed by atoms with Crippen molar-refractivity contribution in [3.05, 3.63) is 41.5 Å². The highest BCUT2D eigenvalue weighted by atomic mass is 16.3. The van der Waals surface area contributed by atoms with Crippen molar-refractivity contribution in [2.45, 2.75) is 77.4 Å². The quantitative estimate of drug-likeness (QED) is 0.724. The molecule has 1 heterocycles. The summed E-state index contributed by atoms with van der Waals surface area (Å²) in [6.07, 6.45) is 15.8. The van der Waals surface area contributed by atoms with E-state index in [0.29, 0.717) is 17.8 Å². The fourth-order valence-corrected chi connectivity index (χ4v) is 7.99. The largest absolute Gasteiger partial charge is 0.389 e. The van der Waals surface area contributed by atoms with Gasteiger partial charge in [-0.3, -0.25) is 0 Å². The molecule has 4 aliphatic rings. The molecule has 0 saturated heterocycles. The number of aliphatic hydroxyl groups excluding tert-OH is 1. The van der Waals surface area contributed by atoms with E-state index in [9.17, 15) is 10.2 Å². The van der Waals surface area contributed by atoms with Crippen LogP contribution >= 0.6 is 0 Å². The number of imidazole rings is 1. The van der Waals surface area contributed by atoms with Crippen molar-refractivity contribution in [2.75, 3.05) is 0 Å². The zero-order valence-electron chi connectivity index (χ0n) is 18.4. The average molecular weight is 397 g/mol. The van der Waals surface area contributed by atoms with Crippen LogP contribution in [0, 0.1) is 28.6 Å². The number of hydrogen-bond donors (Lipinski definition) is 2. The number of allylic oxidation sites excluding steroid dienone is 2. The van der Waals surface area contributed by atoms with Crippen LogP contribution in [0.25, 0.3) is 0 Å². The van der Waals surface area contributed by atoms with E-state index in [-0.39, 0.29) is 16.9 Å². The monoisotopic (exact) mass is 396 g/mol. The summed E-state index contributed by atoms with van der Waals surface area (Å²) in [5, 5.41) is 21.8. The lowest BCUT2D eigenvalue weighted by Crippen LogP contribution is -2.51. The van der Waals surface area contributed by atoms with Gasteiger partial charge >= 0.3 is 0 Å². The van der Waals surface area contributed by atoms with Gasteiger partial charge in [0.05, 0.1) is 6.10 Å². The smallest absolute Gasteiger partial charge is 0.144 e. The van der Waals surface area contributed by atoms with Gasteiger partial charge in [0.2, 0.25) is 0 Å². The van der Waals surface area contributed by atoms with Gasteiger partial charge in [0, 0.05) is 19.4 Å². The molecule has 0 radical (unpaired) electrons. The van der Waals surface area contributed by atoms with E-state index < -0.39 is 5.60 Å². The molecule has 158 valence electrons. The second-order valence-corrected chi connectivity index (χ2v) is 10.9. The lowest BCUT2D eigenvalue weighted by Gasteiger charge is -2.58. The van der Waals surface area contributed by atoms with Gasteiger partial charge in [-0.15, -0.1) is 0 Å². The molecule has 7 atom stereocenters. The summed E-state index contributed by atoms with van der Waals surface area (Å²) >= 11 is 0. The van der Waals surface area contributed by atoms with Crippen LogP contribution in [0.1, 0.15) is 71.5 Å². The van der Waals surface area contributed by atoms with Gasteiger partial charge in [0.15, 0.2) is 0 Å². The van der Waals surface area contributed by atoms with Crippen molar-refractivity contribution in [2.24, 2.45) is 35.6 Å². The maximum absolute atomic E-state index is 11.6. The molecule has 0 aromatic carbocycles. The molecule has 4 nitrogen and oxygen atoms in total. The van der Waals surface area contributed by atoms with Crippen LogP contribution in [0.5, 0.6) is 0 Å². The predicted molar refractivity (Wildman–Crippen MR) is 114 cm³/mol. The number of nitrogens with zero attached hydrogens (tertiary/aromatic N) is 2. The first-order valence-electron chi connectivity index (χ1n) is 11.5. The number of fused-ring (bicyclic) bond motifs is 5. The Labute approximate surface area is 174 Å². The van der Waals surface area contributed by atoms with Gasteiger partial charge in [-0.05, 0) is 86.0 Å². The van der Waals surface area contributed by atoms with Crippen LogP contribution in [0.2, 0.25) is 0 Å². The molecule has 4 aliphatic carbocycles. The van der Waals surface area contributed by atoms with Crippen molar-refractivity contribution in [1.82, 2.24) is 9.55 Å². The summed E-state index contributed by atoms with van der Waals surface area (Å²) in [4.78, 5) is 4.50. The first kappa shape index (κ1) is 19.6. The summed E-state index contributed by atoms with van der Waals surface area (Å²) in [7, 11) is 1.97. The molecule has 0 bridgehead atoms. The summed E-state index contributed by atoms with van der Waals surface area (Å²) in [6, 6.07) is 0. The lowest BCUT2D eigenvalue weighted by molar-refractivity contribution is -0.0487. The molecule has 1 aromatic heterocycles. The number of rotatable bonds is 2. The Morgan fingerprint density at radius 1 is 1.14 bits per heavy atom. The van der Waals surface area contributed by atoms with Gasteiger partial charge in [-0.25, -0.2) is 4.98 Å². The van der Waals surface area contributed by atoms with E-state index in [2.05, 4.69) is 31.0 Å². The Morgan fingerprint density at radius 3 is 2.62 bits per heavy atom. The second kappa shape index (κ2) is 6.31. The van der Waals surface area contributed by atoms with Crippen LogP contribution in [0.4, 0.5) is 0 Å². The van der Waals surface area contributed by atoms with Gasteiger partial charge in [-0.2, -0.15) is 0 Å². The topological polar surface area (TPSA) is 58.3 Å². The highest BCUT2D eigenvalue weighted by Gasteiger charge is 2.59. The molecule has 29 heavy (non-hydrogen) atoms. The maximum Gasteiger partial charge on any atom is 0.144 e. The summed E-state index contributed by atoms with van der Waals surface area (Å²) < 4.78 is 1.95. The molecule has 2 N–H and O–H groups in total. The zero-order valence-corrected chi connectivity index (χ0v) is 18.4. The molecule has 0 spiro atoms. The zero-order chi connectivity index (χ0) is 20.6. The first-order chi connectivity index (χ1) is 13.7. The van der Waals surface area contributed by atoms with E-state index in [1.165, 1.54) is 24.0 Å². The Bertz CT molecular complexity index is 881. The van der Waals surface area contributed by atoms with Crippen molar-refractivity contribution < 1.29 is 10.2 Å². The van der Waals surface area contributed by atoms with Gasteiger partial charge in [0.25, 0.3) is 0 Å². The third-order valence-electron chi connectivity index (χ3n) is 9.45. The minimum Gasteiger partial charge on any atom is -0.389 e. The minimum atomic E-state index is -1.02. The van der Waals surface area contributed by atoms with Crippen molar-refractivity contribution in [3.63, 3.8) is 0 Å². The predicted octanol–water partition coefficient (Wildman–Crippen LogP) is 4.49. The first-order valence-corrected chi connectivity index (χ1v) is 11.5. The number of aromatic nitrogens is 2. The van der Waals surface area contributed by atoms with Crippen LogP contribution in [0.3, 0.4) is 0 Å². The molecular weight excluding hydrogens is 360 g/mol. The summed E-state index contributed by atoms with van der Waals surface area (Å²) in [5.41, 5.74) is 1.99. The average Bonchev–Trinajstić information content (AvgIpc) is 3.25. The van der Waals surface area contributed by atoms with E-state index >= 15 is 0 Å². The molecule has 4 heteroatoms. The van der Waals surface area contributed by atoms with Crippen LogP contribution < -0.4 is 0 Å².